The smallest absolute Gasteiger partial charge is 0.413 e. The summed E-state index contributed by atoms with van der Waals surface area (Å²) in [5, 5.41) is 2.63. The van der Waals surface area contributed by atoms with E-state index in [-0.39, 0.29) is 14.0 Å². The SMILES string of the molecule is C.CCOC(=O)Nc1nc2c(-c3ncccn3)cc(-c3ccc(CN4CCN(CCOC)CC4)nc3)cc2[nH]1. The predicted molar refractivity (Wildman–Crippen MR) is 151 cm³/mol. The maximum absolute atomic E-state index is 11.9. The Morgan fingerprint density at radius 1 is 1.05 bits per heavy atom. The number of pyridine rings is 1. The van der Waals surface area contributed by atoms with Crippen molar-refractivity contribution in [3.05, 3.63) is 54.6 Å². The van der Waals surface area contributed by atoms with Crippen molar-refractivity contribution >= 4 is 23.1 Å². The van der Waals surface area contributed by atoms with E-state index in [1.807, 2.05) is 18.3 Å². The van der Waals surface area contributed by atoms with E-state index in [1.165, 1.54) is 0 Å². The highest BCUT2D eigenvalue weighted by molar-refractivity contribution is 5.96. The summed E-state index contributed by atoms with van der Waals surface area (Å²) in [5.41, 5.74) is 5.09. The second-order valence-electron chi connectivity index (χ2n) is 9.07. The summed E-state index contributed by atoms with van der Waals surface area (Å²) in [7, 11) is 1.75. The van der Waals surface area contributed by atoms with Crippen molar-refractivity contribution in [2.24, 2.45) is 0 Å². The van der Waals surface area contributed by atoms with Crippen molar-refractivity contribution in [3.63, 3.8) is 0 Å². The van der Waals surface area contributed by atoms with Crippen LogP contribution in [0.4, 0.5) is 10.7 Å². The first kappa shape index (κ1) is 28.1. The highest BCUT2D eigenvalue weighted by Gasteiger charge is 2.18. The van der Waals surface area contributed by atoms with Gasteiger partial charge in [-0.2, -0.15) is 0 Å². The van der Waals surface area contributed by atoms with Gasteiger partial charge in [-0.25, -0.2) is 19.7 Å². The lowest BCUT2D eigenvalue weighted by Gasteiger charge is -2.34. The summed E-state index contributed by atoms with van der Waals surface area (Å²) in [4.78, 5) is 38.1. The number of hydrogen-bond acceptors (Lipinski definition) is 9. The van der Waals surface area contributed by atoms with Crippen molar-refractivity contribution in [2.45, 2.75) is 20.9 Å². The van der Waals surface area contributed by atoms with Crippen LogP contribution in [-0.2, 0) is 16.0 Å². The molecule has 11 nitrogen and oxygen atoms in total. The first-order valence-corrected chi connectivity index (χ1v) is 12.8. The molecule has 3 aromatic heterocycles. The molecule has 0 aliphatic carbocycles. The molecule has 0 unspecified atom stereocenters. The molecule has 0 saturated carbocycles. The normalized spacial score (nSPS) is 14.2. The van der Waals surface area contributed by atoms with Crippen LogP contribution in [0.5, 0.6) is 0 Å². The number of piperazine rings is 1. The van der Waals surface area contributed by atoms with Gasteiger partial charge in [0.25, 0.3) is 0 Å². The zero-order valence-electron chi connectivity index (χ0n) is 21.7. The average molecular weight is 533 g/mol. The molecule has 4 aromatic rings. The van der Waals surface area contributed by atoms with Crippen LogP contribution in [0.2, 0.25) is 0 Å². The first-order chi connectivity index (χ1) is 18.6. The number of ether oxygens (including phenoxy) is 2. The second kappa shape index (κ2) is 13.2. The molecular weight excluding hydrogens is 496 g/mol. The largest absolute Gasteiger partial charge is 0.450 e. The lowest BCUT2D eigenvalue weighted by Crippen LogP contribution is -2.46. The third kappa shape index (κ3) is 6.94. The molecule has 1 aromatic carbocycles. The van der Waals surface area contributed by atoms with Gasteiger partial charge in [-0.15, -0.1) is 0 Å². The minimum absolute atomic E-state index is 0. The van der Waals surface area contributed by atoms with Crippen LogP contribution >= 0.6 is 0 Å². The Hall–Kier alpha value is -3.93. The molecule has 1 amide bonds. The van der Waals surface area contributed by atoms with Gasteiger partial charge in [0, 0.05) is 76.1 Å². The number of rotatable bonds is 9. The average Bonchev–Trinajstić information content (AvgIpc) is 3.35. The minimum Gasteiger partial charge on any atom is -0.450 e. The monoisotopic (exact) mass is 532 g/mol. The number of aromatic nitrogens is 5. The van der Waals surface area contributed by atoms with E-state index in [4.69, 9.17) is 14.5 Å². The maximum Gasteiger partial charge on any atom is 0.413 e. The van der Waals surface area contributed by atoms with E-state index in [0.29, 0.717) is 17.3 Å². The Bertz CT molecular complexity index is 1350. The molecule has 5 rings (SSSR count). The van der Waals surface area contributed by atoms with Crippen LogP contribution < -0.4 is 5.32 Å². The van der Waals surface area contributed by atoms with Crippen molar-refractivity contribution in [1.82, 2.24) is 34.7 Å². The number of fused-ring (bicyclic) bond motifs is 1. The summed E-state index contributed by atoms with van der Waals surface area (Å²) in [6, 6.07) is 9.92. The fourth-order valence-corrected chi connectivity index (χ4v) is 4.53. The van der Waals surface area contributed by atoms with Crippen LogP contribution in [0.15, 0.2) is 48.9 Å². The number of benzene rings is 1. The molecule has 4 heterocycles. The summed E-state index contributed by atoms with van der Waals surface area (Å²) < 4.78 is 10.2. The molecule has 1 aliphatic heterocycles. The van der Waals surface area contributed by atoms with Crippen molar-refractivity contribution in [2.75, 3.05) is 58.4 Å². The second-order valence-corrected chi connectivity index (χ2v) is 9.07. The number of amides is 1. The van der Waals surface area contributed by atoms with Gasteiger partial charge in [-0.1, -0.05) is 13.5 Å². The van der Waals surface area contributed by atoms with Crippen molar-refractivity contribution in [1.29, 1.82) is 0 Å². The van der Waals surface area contributed by atoms with Gasteiger partial charge in [-0.3, -0.25) is 20.1 Å². The van der Waals surface area contributed by atoms with Gasteiger partial charge in [-0.05, 0) is 36.8 Å². The van der Waals surface area contributed by atoms with Crippen LogP contribution in [0.25, 0.3) is 33.5 Å². The number of methoxy groups -OCH3 is 1. The van der Waals surface area contributed by atoms with Crippen LogP contribution in [0.1, 0.15) is 20.0 Å². The summed E-state index contributed by atoms with van der Waals surface area (Å²) in [6.45, 7) is 8.73. The number of nitrogens with one attached hydrogen (secondary N) is 2. The van der Waals surface area contributed by atoms with E-state index in [0.717, 1.165) is 73.8 Å². The van der Waals surface area contributed by atoms with Gasteiger partial charge in [0.05, 0.1) is 24.4 Å². The number of H-pyrrole nitrogens is 1. The van der Waals surface area contributed by atoms with Crippen LogP contribution in [-0.4, -0.2) is 93.9 Å². The molecule has 39 heavy (non-hydrogen) atoms. The Morgan fingerprint density at radius 2 is 1.82 bits per heavy atom. The number of imidazole rings is 1. The van der Waals surface area contributed by atoms with Crippen LogP contribution in [0.3, 0.4) is 0 Å². The fourth-order valence-electron chi connectivity index (χ4n) is 4.53. The molecule has 2 N–H and O–H groups in total. The topological polar surface area (TPSA) is 121 Å². The van der Waals surface area contributed by atoms with Crippen LogP contribution in [0, 0.1) is 0 Å². The lowest BCUT2D eigenvalue weighted by molar-refractivity contribution is 0.0932. The Morgan fingerprint density at radius 3 is 2.51 bits per heavy atom. The van der Waals surface area contributed by atoms with E-state index < -0.39 is 6.09 Å². The standard InChI is InChI=1S/C27H32N8O3.CH4/c1-3-38-27(36)33-26-31-23-16-20(15-22(24(23)32-26)25-28-7-4-8-29-25)19-5-6-21(30-17-19)18-35-11-9-34(10-12-35)13-14-37-2;/h4-8,15-17H,3,9-14,18H2,1-2H3,(H2,31,32,33,36);1H4. The number of carbonyl (C=O) groups excluding carboxylic acids is 1. The molecule has 0 spiro atoms. The highest BCUT2D eigenvalue weighted by Crippen LogP contribution is 2.32. The fraction of sp³-hybridized carbons (Fsp3) is 0.393. The third-order valence-corrected chi connectivity index (χ3v) is 6.51. The molecule has 1 fully saturated rings. The molecule has 1 saturated heterocycles. The highest BCUT2D eigenvalue weighted by atomic mass is 16.5. The molecule has 11 heteroatoms. The lowest BCUT2D eigenvalue weighted by atomic mass is 10.0. The molecule has 0 atom stereocenters. The summed E-state index contributed by atoms with van der Waals surface area (Å²) in [6.07, 6.45) is 4.72. The molecular formula is C28H36N8O3. The number of nitrogens with zero attached hydrogens (tertiary/aromatic N) is 6. The van der Waals surface area contributed by atoms with Gasteiger partial charge < -0.3 is 14.5 Å². The maximum atomic E-state index is 11.9. The number of carbonyl (C=O) groups is 1. The molecule has 0 bridgehead atoms. The Kier molecular flexibility index (Phi) is 9.53. The van der Waals surface area contributed by atoms with Gasteiger partial charge >= 0.3 is 6.09 Å². The predicted octanol–water partition coefficient (Wildman–Crippen LogP) is 4.05. The van der Waals surface area contributed by atoms with Gasteiger partial charge in [0.1, 0.15) is 5.52 Å². The third-order valence-electron chi connectivity index (χ3n) is 6.51. The molecule has 1 aliphatic rings. The zero-order valence-corrected chi connectivity index (χ0v) is 21.7. The number of anilines is 1. The van der Waals surface area contributed by atoms with E-state index in [2.05, 4.69) is 47.2 Å². The quantitative estimate of drug-likeness (QED) is 0.329. The minimum atomic E-state index is -0.569. The van der Waals surface area contributed by atoms with Gasteiger partial charge in [0.15, 0.2) is 5.82 Å². The Balaban J connectivity index is 0.00000353. The zero-order chi connectivity index (χ0) is 26.3. The van der Waals surface area contributed by atoms with E-state index >= 15 is 0 Å². The van der Waals surface area contributed by atoms with Crippen molar-refractivity contribution < 1.29 is 14.3 Å². The van der Waals surface area contributed by atoms with Gasteiger partial charge in [0.2, 0.25) is 5.95 Å². The Labute approximate surface area is 228 Å². The molecule has 206 valence electrons. The number of hydrogen-bond donors (Lipinski definition) is 2. The van der Waals surface area contributed by atoms with E-state index in [1.54, 1.807) is 32.5 Å². The summed E-state index contributed by atoms with van der Waals surface area (Å²) >= 11 is 0. The van der Waals surface area contributed by atoms with Crippen molar-refractivity contribution in [3.8, 4) is 22.5 Å². The van der Waals surface area contributed by atoms with E-state index in [9.17, 15) is 4.79 Å². The summed E-state index contributed by atoms with van der Waals surface area (Å²) in [5.74, 6) is 0.839. The number of aromatic amines is 1. The first-order valence-electron chi connectivity index (χ1n) is 12.8. The molecule has 0 radical (unpaired) electrons.